The molecule has 19 heavy (non-hydrogen) atoms. The van der Waals surface area contributed by atoms with Gasteiger partial charge in [0.15, 0.2) is 0 Å². The summed E-state index contributed by atoms with van der Waals surface area (Å²) in [4.78, 5) is 5.47. The zero-order chi connectivity index (χ0) is 13.1. The monoisotopic (exact) mass is 266 g/mol. The fraction of sp³-hybridized carbons (Fsp3) is 1.00. The molecule has 0 aromatic heterocycles. The summed E-state index contributed by atoms with van der Waals surface area (Å²) in [7, 11) is 0. The fourth-order valence-corrected chi connectivity index (χ4v) is 3.71. The van der Waals surface area contributed by atoms with E-state index in [1.165, 1.54) is 64.7 Å². The highest BCUT2D eigenvalue weighted by Gasteiger charge is 2.34. The molecule has 2 heterocycles. The summed E-state index contributed by atoms with van der Waals surface area (Å²) >= 11 is 0. The highest BCUT2D eigenvalue weighted by molar-refractivity contribution is 4.91. The second-order valence-electron chi connectivity index (χ2n) is 6.72. The van der Waals surface area contributed by atoms with Crippen molar-refractivity contribution in [1.82, 2.24) is 9.80 Å². The maximum atomic E-state index is 5.77. The van der Waals surface area contributed by atoms with E-state index in [1.807, 2.05) is 0 Å². The van der Waals surface area contributed by atoms with Crippen LogP contribution in [0.1, 0.15) is 45.4 Å². The number of ether oxygens (including phenoxy) is 1. The van der Waals surface area contributed by atoms with Crippen molar-refractivity contribution < 1.29 is 4.74 Å². The summed E-state index contributed by atoms with van der Waals surface area (Å²) in [5.74, 6) is 0.908. The Balaban J connectivity index is 1.37. The van der Waals surface area contributed by atoms with E-state index < -0.39 is 0 Å². The summed E-state index contributed by atoms with van der Waals surface area (Å²) in [6, 6.07) is 1.65. The Bertz CT molecular complexity index is 280. The van der Waals surface area contributed by atoms with E-state index in [2.05, 4.69) is 16.7 Å². The van der Waals surface area contributed by atoms with Crippen LogP contribution in [0.5, 0.6) is 0 Å². The molecule has 0 bridgehead atoms. The lowest BCUT2D eigenvalue weighted by atomic mass is 10.0. The topological polar surface area (TPSA) is 15.7 Å². The molecular formula is C16H30N2O. The molecule has 0 aromatic carbocycles. The molecule has 3 aliphatic rings. The molecule has 0 radical (unpaired) electrons. The van der Waals surface area contributed by atoms with Crippen LogP contribution in [0.4, 0.5) is 0 Å². The first-order valence-electron chi connectivity index (χ1n) is 8.42. The van der Waals surface area contributed by atoms with Crippen molar-refractivity contribution in [2.24, 2.45) is 5.92 Å². The molecule has 1 aliphatic carbocycles. The van der Waals surface area contributed by atoms with Crippen LogP contribution in [-0.4, -0.2) is 61.3 Å². The zero-order valence-corrected chi connectivity index (χ0v) is 12.5. The molecular weight excluding hydrogens is 236 g/mol. The summed E-state index contributed by atoms with van der Waals surface area (Å²) in [5.41, 5.74) is 0. The van der Waals surface area contributed by atoms with Crippen molar-refractivity contribution >= 4 is 0 Å². The maximum absolute atomic E-state index is 5.77. The Morgan fingerprint density at radius 2 is 2.05 bits per heavy atom. The van der Waals surface area contributed by atoms with Gasteiger partial charge in [0.05, 0.1) is 0 Å². The van der Waals surface area contributed by atoms with Gasteiger partial charge in [-0.15, -0.1) is 0 Å². The summed E-state index contributed by atoms with van der Waals surface area (Å²) in [5, 5.41) is 0. The Hall–Kier alpha value is -0.120. The molecule has 0 aromatic rings. The third-order valence-electron chi connectivity index (χ3n) is 5.16. The molecule has 2 aliphatic heterocycles. The third kappa shape index (κ3) is 3.71. The average Bonchev–Trinajstić information content (AvgIpc) is 3.14. The Morgan fingerprint density at radius 1 is 1.16 bits per heavy atom. The SMILES string of the molecule is CCC1CN2CCCC2CN1CCCOCC1CC1. The number of hydrogen-bond donors (Lipinski definition) is 0. The number of fused-ring (bicyclic) bond motifs is 1. The number of nitrogens with zero attached hydrogens (tertiary/aromatic N) is 2. The van der Waals surface area contributed by atoms with Crippen molar-refractivity contribution in [2.45, 2.75) is 57.5 Å². The Labute approximate surface area is 118 Å². The largest absolute Gasteiger partial charge is 0.381 e. The van der Waals surface area contributed by atoms with Gasteiger partial charge in [0, 0.05) is 44.9 Å². The van der Waals surface area contributed by atoms with Gasteiger partial charge in [0.1, 0.15) is 0 Å². The van der Waals surface area contributed by atoms with E-state index >= 15 is 0 Å². The van der Waals surface area contributed by atoms with Gasteiger partial charge in [-0.2, -0.15) is 0 Å². The molecule has 3 rings (SSSR count). The highest BCUT2D eigenvalue weighted by Crippen LogP contribution is 2.29. The van der Waals surface area contributed by atoms with E-state index in [9.17, 15) is 0 Å². The molecule has 3 fully saturated rings. The van der Waals surface area contributed by atoms with Crippen LogP contribution in [0, 0.1) is 5.92 Å². The molecule has 2 atom stereocenters. The van der Waals surface area contributed by atoms with E-state index in [1.54, 1.807) is 0 Å². The van der Waals surface area contributed by atoms with Crippen LogP contribution >= 0.6 is 0 Å². The Kier molecular flexibility index (Phi) is 4.78. The minimum absolute atomic E-state index is 0.790. The molecule has 3 nitrogen and oxygen atoms in total. The first-order chi connectivity index (χ1) is 9.36. The number of rotatable bonds is 7. The van der Waals surface area contributed by atoms with Crippen LogP contribution in [0.15, 0.2) is 0 Å². The lowest BCUT2D eigenvalue weighted by Crippen LogP contribution is -2.56. The van der Waals surface area contributed by atoms with Crippen LogP contribution in [-0.2, 0) is 4.74 Å². The normalized spacial score (nSPS) is 32.7. The second-order valence-corrected chi connectivity index (χ2v) is 6.72. The molecule has 0 spiro atoms. The molecule has 0 amide bonds. The van der Waals surface area contributed by atoms with E-state index in [4.69, 9.17) is 4.74 Å². The van der Waals surface area contributed by atoms with Gasteiger partial charge in [-0.1, -0.05) is 6.92 Å². The summed E-state index contributed by atoms with van der Waals surface area (Å²) in [6.45, 7) is 9.54. The molecule has 1 saturated carbocycles. The summed E-state index contributed by atoms with van der Waals surface area (Å²) < 4.78 is 5.77. The first-order valence-corrected chi connectivity index (χ1v) is 8.42. The summed E-state index contributed by atoms with van der Waals surface area (Å²) in [6.07, 6.45) is 8.16. The van der Waals surface area contributed by atoms with Crippen molar-refractivity contribution in [2.75, 3.05) is 39.4 Å². The van der Waals surface area contributed by atoms with Gasteiger partial charge in [0.2, 0.25) is 0 Å². The van der Waals surface area contributed by atoms with Crippen LogP contribution in [0.3, 0.4) is 0 Å². The lowest BCUT2D eigenvalue weighted by molar-refractivity contribution is 0.0386. The van der Waals surface area contributed by atoms with Crippen molar-refractivity contribution in [1.29, 1.82) is 0 Å². The zero-order valence-electron chi connectivity index (χ0n) is 12.5. The predicted molar refractivity (Wildman–Crippen MR) is 78.4 cm³/mol. The van der Waals surface area contributed by atoms with Gasteiger partial charge in [-0.25, -0.2) is 0 Å². The molecule has 2 saturated heterocycles. The highest BCUT2D eigenvalue weighted by atomic mass is 16.5. The fourth-order valence-electron chi connectivity index (χ4n) is 3.71. The van der Waals surface area contributed by atoms with Crippen LogP contribution in [0.25, 0.3) is 0 Å². The van der Waals surface area contributed by atoms with Crippen molar-refractivity contribution in [3.63, 3.8) is 0 Å². The number of piperazine rings is 1. The number of hydrogen-bond acceptors (Lipinski definition) is 3. The quantitative estimate of drug-likeness (QED) is 0.658. The first kappa shape index (κ1) is 13.8. The van der Waals surface area contributed by atoms with Gasteiger partial charge in [0.25, 0.3) is 0 Å². The van der Waals surface area contributed by atoms with Crippen LogP contribution < -0.4 is 0 Å². The predicted octanol–water partition coefficient (Wildman–Crippen LogP) is 2.36. The molecule has 2 unspecified atom stereocenters. The van der Waals surface area contributed by atoms with Crippen molar-refractivity contribution in [3.05, 3.63) is 0 Å². The standard InChI is InChI=1S/C16H30N2O/c1-2-15-11-18-8-3-5-16(18)12-17(15)9-4-10-19-13-14-6-7-14/h14-16H,2-13H2,1H3. The minimum atomic E-state index is 0.790. The minimum Gasteiger partial charge on any atom is -0.381 e. The van der Waals surface area contributed by atoms with Gasteiger partial charge < -0.3 is 4.74 Å². The molecule has 3 heteroatoms. The van der Waals surface area contributed by atoms with Gasteiger partial charge in [-0.3, -0.25) is 9.80 Å². The van der Waals surface area contributed by atoms with E-state index in [0.717, 1.165) is 31.2 Å². The lowest BCUT2D eigenvalue weighted by Gasteiger charge is -2.43. The van der Waals surface area contributed by atoms with E-state index in [-0.39, 0.29) is 0 Å². The van der Waals surface area contributed by atoms with Crippen LogP contribution in [0.2, 0.25) is 0 Å². The third-order valence-corrected chi connectivity index (χ3v) is 5.16. The van der Waals surface area contributed by atoms with E-state index in [0.29, 0.717) is 0 Å². The smallest absolute Gasteiger partial charge is 0.0494 e. The van der Waals surface area contributed by atoms with Crippen molar-refractivity contribution in [3.8, 4) is 0 Å². The molecule has 110 valence electrons. The Morgan fingerprint density at radius 3 is 2.84 bits per heavy atom. The second kappa shape index (κ2) is 6.55. The van der Waals surface area contributed by atoms with Gasteiger partial charge >= 0.3 is 0 Å². The van der Waals surface area contributed by atoms with Gasteiger partial charge in [-0.05, 0) is 51.0 Å². The average molecular weight is 266 g/mol. The maximum Gasteiger partial charge on any atom is 0.0494 e. The molecule has 0 N–H and O–H groups in total.